The Morgan fingerprint density at radius 1 is 1.29 bits per heavy atom. The van der Waals surface area contributed by atoms with Gasteiger partial charge >= 0.3 is 11.9 Å². The Morgan fingerprint density at radius 3 is 2.52 bits per heavy atom. The lowest BCUT2D eigenvalue weighted by atomic mass is 10.1. The van der Waals surface area contributed by atoms with Gasteiger partial charge in [-0.05, 0) is 26.8 Å². The van der Waals surface area contributed by atoms with Crippen LogP contribution in [0, 0.1) is 0 Å². The first-order chi connectivity index (χ1) is 10.0. The molecular weight excluding hydrogens is 280 g/mol. The minimum atomic E-state index is -0.727. The fourth-order valence-electron chi connectivity index (χ4n) is 1.72. The van der Waals surface area contributed by atoms with Crippen molar-refractivity contribution in [1.29, 1.82) is 0 Å². The minimum absolute atomic E-state index is 0.0849. The normalized spacial score (nSPS) is 12.0. The van der Waals surface area contributed by atoms with Gasteiger partial charge in [-0.3, -0.25) is 10.1 Å². The number of esters is 2. The van der Waals surface area contributed by atoms with Gasteiger partial charge in [-0.1, -0.05) is 0 Å². The molecule has 118 valence electrons. The first-order valence-electron chi connectivity index (χ1n) is 6.79. The van der Waals surface area contributed by atoms with Crippen LogP contribution in [0.5, 0.6) is 0 Å². The Hall–Kier alpha value is -1.86. The molecule has 0 aliphatic heterocycles. The number of furan rings is 1. The minimum Gasteiger partial charge on any atom is -0.466 e. The molecule has 0 aliphatic rings. The van der Waals surface area contributed by atoms with E-state index in [0.717, 1.165) is 0 Å². The monoisotopic (exact) mass is 300 g/mol. The van der Waals surface area contributed by atoms with Gasteiger partial charge in [0.1, 0.15) is 23.2 Å². The van der Waals surface area contributed by atoms with E-state index in [1.165, 1.54) is 6.07 Å². The summed E-state index contributed by atoms with van der Waals surface area (Å²) in [4.78, 5) is 27.4. The van der Waals surface area contributed by atoms with Crippen molar-refractivity contribution >= 4 is 11.9 Å². The van der Waals surface area contributed by atoms with Crippen LogP contribution in [-0.4, -0.2) is 30.4 Å². The van der Waals surface area contributed by atoms with Crippen molar-refractivity contribution in [2.45, 2.75) is 39.7 Å². The van der Waals surface area contributed by atoms with Gasteiger partial charge in [0.25, 0.3) is 0 Å². The lowest BCUT2D eigenvalue weighted by Crippen LogP contribution is -2.09. The molecule has 0 aromatic carbocycles. The predicted octanol–water partition coefficient (Wildman–Crippen LogP) is 2.50. The number of ether oxygens (including phenoxy) is 2. The Balaban J connectivity index is 2.90. The molecule has 1 atom stereocenters. The van der Waals surface area contributed by atoms with Gasteiger partial charge in [0.05, 0.1) is 19.6 Å². The molecule has 0 aliphatic carbocycles. The second-order valence-corrected chi connectivity index (χ2v) is 4.26. The van der Waals surface area contributed by atoms with Gasteiger partial charge in [-0.2, -0.15) is 0 Å². The molecule has 1 aromatic heterocycles. The maximum atomic E-state index is 11.9. The summed E-state index contributed by atoms with van der Waals surface area (Å²) in [6, 6.07) is 1.44. The molecule has 0 saturated heterocycles. The molecule has 21 heavy (non-hydrogen) atoms. The number of aryl methyl sites for hydroxylation is 1. The van der Waals surface area contributed by atoms with E-state index in [-0.39, 0.29) is 36.7 Å². The average Bonchev–Trinajstić information content (AvgIpc) is 2.89. The third-order valence-electron chi connectivity index (χ3n) is 2.74. The molecule has 0 fully saturated rings. The Labute approximate surface area is 122 Å². The SMILES string of the molecule is CCOC(=O)CCc1oc(C(C)OO)cc1C(=O)OCC. The summed E-state index contributed by atoms with van der Waals surface area (Å²) in [5, 5.41) is 8.67. The van der Waals surface area contributed by atoms with Crippen molar-refractivity contribution in [1.82, 2.24) is 0 Å². The van der Waals surface area contributed by atoms with E-state index >= 15 is 0 Å². The molecule has 0 saturated carbocycles. The van der Waals surface area contributed by atoms with Crippen LogP contribution in [-0.2, 0) is 25.6 Å². The maximum absolute atomic E-state index is 11.9. The highest BCUT2D eigenvalue weighted by atomic mass is 17.1. The van der Waals surface area contributed by atoms with Crippen molar-refractivity contribution in [2.75, 3.05) is 13.2 Å². The number of hydrogen-bond acceptors (Lipinski definition) is 7. The molecule has 0 radical (unpaired) electrons. The Bertz CT molecular complexity index is 478. The third-order valence-corrected chi connectivity index (χ3v) is 2.74. The van der Waals surface area contributed by atoms with Crippen molar-refractivity contribution in [3.63, 3.8) is 0 Å². The summed E-state index contributed by atoms with van der Waals surface area (Å²) in [5.74, 6) is -0.340. The summed E-state index contributed by atoms with van der Waals surface area (Å²) in [5.41, 5.74) is 0.222. The zero-order valence-corrected chi connectivity index (χ0v) is 12.4. The molecule has 7 heteroatoms. The maximum Gasteiger partial charge on any atom is 0.341 e. The Morgan fingerprint density at radius 2 is 1.95 bits per heavy atom. The molecule has 0 amide bonds. The second-order valence-electron chi connectivity index (χ2n) is 4.26. The summed E-state index contributed by atoms with van der Waals surface area (Å²) in [6.07, 6.45) is -0.443. The van der Waals surface area contributed by atoms with Crippen LogP contribution in [0.4, 0.5) is 0 Å². The topological polar surface area (TPSA) is 95.2 Å². The molecule has 7 nitrogen and oxygen atoms in total. The van der Waals surface area contributed by atoms with Gasteiger partial charge in [0.2, 0.25) is 0 Å². The van der Waals surface area contributed by atoms with Crippen LogP contribution in [0.15, 0.2) is 10.5 Å². The molecule has 0 spiro atoms. The summed E-state index contributed by atoms with van der Waals surface area (Å²) in [7, 11) is 0. The molecule has 0 bridgehead atoms. The second kappa shape index (κ2) is 8.43. The van der Waals surface area contributed by atoms with Crippen molar-refractivity contribution < 1.29 is 33.6 Å². The predicted molar refractivity (Wildman–Crippen MR) is 71.7 cm³/mol. The van der Waals surface area contributed by atoms with Gasteiger partial charge in [-0.15, -0.1) is 0 Å². The van der Waals surface area contributed by atoms with Crippen LogP contribution < -0.4 is 0 Å². The van der Waals surface area contributed by atoms with Crippen LogP contribution in [0.2, 0.25) is 0 Å². The Kier molecular flexibility index (Phi) is 6.90. The van der Waals surface area contributed by atoms with Gasteiger partial charge in [0.15, 0.2) is 0 Å². The van der Waals surface area contributed by atoms with Crippen LogP contribution in [0.25, 0.3) is 0 Å². The zero-order valence-electron chi connectivity index (χ0n) is 12.4. The summed E-state index contributed by atoms with van der Waals surface area (Å²) in [6.45, 7) is 5.48. The van der Waals surface area contributed by atoms with E-state index in [2.05, 4.69) is 4.89 Å². The highest BCUT2D eigenvalue weighted by Crippen LogP contribution is 2.25. The van der Waals surface area contributed by atoms with E-state index in [9.17, 15) is 9.59 Å². The van der Waals surface area contributed by atoms with E-state index in [4.69, 9.17) is 19.1 Å². The molecule has 1 rings (SSSR count). The quantitative estimate of drug-likeness (QED) is 0.447. The van der Waals surface area contributed by atoms with Crippen molar-refractivity contribution in [3.05, 3.63) is 23.2 Å². The van der Waals surface area contributed by atoms with E-state index in [0.29, 0.717) is 12.4 Å². The van der Waals surface area contributed by atoms with Crippen LogP contribution >= 0.6 is 0 Å². The van der Waals surface area contributed by atoms with E-state index < -0.39 is 12.1 Å². The first-order valence-corrected chi connectivity index (χ1v) is 6.79. The lowest BCUT2D eigenvalue weighted by molar-refractivity contribution is -0.280. The lowest BCUT2D eigenvalue weighted by Gasteiger charge is -2.03. The number of hydrogen-bond donors (Lipinski definition) is 1. The average molecular weight is 300 g/mol. The smallest absolute Gasteiger partial charge is 0.341 e. The fourth-order valence-corrected chi connectivity index (χ4v) is 1.72. The van der Waals surface area contributed by atoms with Crippen molar-refractivity contribution in [2.24, 2.45) is 0 Å². The zero-order chi connectivity index (χ0) is 15.8. The van der Waals surface area contributed by atoms with E-state index in [1.807, 2.05) is 0 Å². The number of carbonyl (C=O) groups excluding carboxylic acids is 2. The van der Waals surface area contributed by atoms with Crippen molar-refractivity contribution in [3.8, 4) is 0 Å². The fraction of sp³-hybridized carbons (Fsp3) is 0.571. The molecular formula is C14H20O7. The largest absolute Gasteiger partial charge is 0.466 e. The van der Waals surface area contributed by atoms with Gasteiger partial charge < -0.3 is 13.9 Å². The van der Waals surface area contributed by atoms with Crippen LogP contribution in [0.1, 0.15) is 55.2 Å². The van der Waals surface area contributed by atoms with Gasteiger partial charge in [-0.25, -0.2) is 9.68 Å². The third kappa shape index (κ3) is 4.87. The molecule has 1 N–H and O–H groups in total. The van der Waals surface area contributed by atoms with Crippen LogP contribution in [0.3, 0.4) is 0 Å². The highest BCUT2D eigenvalue weighted by Gasteiger charge is 2.22. The number of carbonyl (C=O) groups is 2. The summed E-state index contributed by atoms with van der Waals surface area (Å²) < 4.78 is 15.2. The first kappa shape index (κ1) is 17.2. The van der Waals surface area contributed by atoms with Gasteiger partial charge in [0, 0.05) is 6.42 Å². The molecule has 1 heterocycles. The van der Waals surface area contributed by atoms with E-state index in [1.54, 1.807) is 20.8 Å². The molecule has 1 aromatic rings. The summed E-state index contributed by atoms with van der Waals surface area (Å²) >= 11 is 0. The highest BCUT2D eigenvalue weighted by molar-refractivity contribution is 5.90. The standard InChI is InChI=1S/C14H20O7/c1-4-18-13(15)7-6-11-10(14(16)19-5-2)8-12(20-11)9(3)21-17/h8-9,17H,4-7H2,1-3H3. The number of rotatable bonds is 8. The molecule has 1 unspecified atom stereocenters.